The van der Waals surface area contributed by atoms with E-state index in [1.807, 2.05) is 0 Å². The Morgan fingerprint density at radius 3 is 2.12 bits per heavy atom. The van der Waals surface area contributed by atoms with Crippen LogP contribution in [0.2, 0.25) is 0 Å². The van der Waals surface area contributed by atoms with Gasteiger partial charge in [-0.2, -0.15) is 0 Å². The van der Waals surface area contributed by atoms with Crippen LogP contribution in [-0.4, -0.2) is 41.2 Å². The fourth-order valence-corrected chi connectivity index (χ4v) is 0.932. The smallest absolute Gasteiger partial charge is 0.390 e. The Morgan fingerprint density at radius 2 is 1.82 bits per heavy atom. The van der Waals surface area contributed by atoms with Crippen molar-refractivity contribution in [2.75, 3.05) is 6.61 Å². The second-order valence-electron chi connectivity index (χ2n) is 2.69. The molecule has 1 heterocycles. The van der Waals surface area contributed by atoms with Crippen molar-refractivity contribution in [3.63, 3.8) is 0 Å². The molecule has 1 aromatic rings. The molecule has 0 aliphatic heterocycles. The molecule has 1 aromatic heterocycles. The zero-order valence-electron chi connectivity index (χ0n) is 7.86. The predicted molar refractivity (Wildman–Crippen MR) is 45.7 cm³/mol. The van der Waals surface area contributed by atoms with Crippen molar-refractivity contribution in [1.82, 2.24) is 14.8 Å². The first-order chi connectivity index (χ1) is 7.86. The summed E-state index contributed by atoms with van der Waals surface area (Å²) >= 11 is 0. The van der Waals surface area contributed by atoms with E-state index < -0.39 is 33.1 Å². The molecule has 1 N–H and O–H groups in total. The second-order valence-corrected chi connectivity index (χ2v) is 2.69. The summed E-state index contributed by atoms with van der Waals surface area (Å²) in [5.74, 6) is -4.27. The minimum atomic E-state index is -3.22. The Bertz CT molecular complexity index is 466. The van der Waals surface area contributed by atoms with Crippen LogP contribution in [0.5, 0.6) is 0 Å². The Morgan fingerprint density at radius 1 is 1.29 bits per heavy atom. The van der Waals surface area contributed by atoms with Gasteiger partial charge in [-0.15, -0.1) is 0 Å². The molecule has 0 aliphatic carbocycles. The fraction of sp³-hybridized carbons (Fsp3) is 0.500. The van der Waals surface area contributed by atoms with Gasteiger partial charge in [-0.25, -0.2) is 0 Å². The molecule has 0 aliphatic rings. The van der Waals surface area contributed by atoms with Crippen molar-refractivity contribution in [3.8, 4) is 0 Å². The van der Waals surface area contributed by atoms with Crippen LogP contribution in [0.25, 0.3) is 0 Å². The van der Waals surface area contributed by atoms with Crippen LogP contribution < -0.4 is 0 Å². The molecule has 13 nitrogen and oxygen atoms in total. The minimum Gasteiger partial charge on any atom is -0.390 e. The average Bonchev–Trinajstić information content (AvgIpc) is 2.68. The lowest BCUT2D eigenvalue weighted by Gasteiger charge is -2.10. The molecule has 1 rings (SSSR count). The number of rotatable bonds is 5. The Balaban J connectivity index is 3.36. The normalized spacial score (nSPS) is 11.1. The summed E-state index contributed by atoms with van der Waals surface area (Å²) in [5, 5.41) is 43.2. The third-order valence-corrected chi connectivity index (χ3v) is 1.81. The van der Waals surface area contributed by atoms with Crippen LogP contribution in [0.4, 0.5) is 5.95 Å². The van der Waals surface area contributed by atoms with E-state index in [0.717, 1.165) is 0 Å². The van der Waals surface area contributed by atoms with Crippen LogP contribution in [0.15, 0.2) is 6.33 Å². The molecule has 0 saturated carbocycles. The van der Waals surface area contributed by atoms with Gasteiger partial charge in [0.25, 0.3) is 0 Å². The minimum absolute atomic E-state index is 0.0190. The predicted octanol–water partition coefficient (Wildman–Crippen LogP) is -1.66. The molecule has 0 aromatic carbocycles. The molecular weight excluding hydrogens is 244 g/mol. The van der Waals surface area contributed by atoms with Gasteiger partial charge >= 0.3 is 11.7 Å². The summed E-state index contributed by atoms with van der Waals surface area (Å²) in [6, 6.07) is 0. The van der Waals surface area contributed by atoms with Crippen molar-refractivity contribution < 1.29 is 19.9 Å². The maximum absolute atomic E-state index is 10.6. The van der Waals surface area contributed by atoms with Crippen molar-refractivity contribution in [1.29, 1.82) is 0 Å². The Labute approximate surface area is 90.7 Å². The lowest BCUT2D eigenvalue weighted by atomic mass is 10.4. The van der Waals surface area contributed by atoms with E-state index in [0.29, 0.717) is 6.33 Å². The topological polar surface area (TPSA) is 180 Å². The van der Waals surface area contributed by atoms with Crippen molar-refractivity contribution in [3.05, 3.63) is 36.7 Å². The van der Waals surface area contributed by atoms with E-state index >= 15 is 0 Å². The molecule has 0 saturated heterocycles. The molecule has 0 unspecified atom stereocenters. The lowest BCUT2D eigenvalue weighted by molar-refractivity contribution is -0.836. The third kappa shape index (κ3) is 1.73. The highest BCUT2D eigenvalue weighted by molar-refractivity contribution is 4.97. The summed E-state index contributed by atoms with van der Waals surface area (Å²) in [4.78, 5) is 30.6. The molecule has 0 amide bonds. The lowest BCUT2D eigenvalue weighted by Crippen LogP contribution is -2.52. The Kier molecular flexibility index (Phi) is 2.94. The van der Waals surface area contributed by atoms with Gasteiger partial charge in [0.15, 0.2) is 0 Å². The van der Waals surface area contributed by atoms with Crippen molar-refractivity contribution in [2.45, 2.75) is 5.79 Å². The van der Waals surface area contributed by atoms with Crippen molar-refractivity contribution >= 4 is 5.95 Å². The van der Waals surface area contributed by atoms with Gasteiger partial charge in [-0.05, 0) is 9.61 Å². The monoisotopic (exact) mass is 248 g/mol. The molecule has 92 valence electrons. The molecular formula is C4H4N6O7. The SMILES string of the molecule is O=[N+]([O-])c1ncn(C(CO)([N+](=O)[O-])[N+](=O)[O-])n1. The first-order valence-electron chi connectivity index (χ1n) is 3.82. The molecule has 17 heavy (non-hydrogen) atoms. The molecule has 0 radical (unpaired) electrons. The van der Waals surface area contributed by atoms with E-state index in [9.17, 15) is 30.3 Å². The maximum atomic E-state index is 10.6. The summed E-state index contributed by atoms with van der Waals surface area (Å²) in [6.07, 6.45) is 0.431. The molecule has 13 heteroatoms. The van der Waals surface area contributed by atoms with Gasteiger partial charge < -0.3 is 15.2 Å². The number of nitro groups is 3. The van der Waals surface area contributed by atoms with E-state index in [1.165, 1.54) is 0 Å². The number of nitrogens with zero attached hydrogens (tertiary/aromatic N) is 6. The van der Waals surface area contributed by atoms with E-state index in [4.69, 9.17) is 5.11 Å². The van der Waals surface area contributed by atoms with Gasteiger partial charge in [-0.3, -0.25) is 20.2 Å². The van der Waals surface area contributed by atoms with Gasteiger partial charge in [0, 0.05) is 5.10 Å². The largest absolute Gasteiger partial charge is 0.598 e. The maximum Gasteiger partial charge on any atom is 0.598 e. The first-order valence-corrected chi connectivity index (χ1v) is 3.82. The number of hydrogen-bond donors (Lipinski definition) is 1. The molecule has 0 bridgehead atoms. The highest BCUT2D eigenvalue weighted by atomic mass is 16.7. The number of hydrogen-bond acceptors (Lipinski definition) is 9. The van der Waals surface area contributed by atoms with E-state index in [-0.39, 0.29) is 4.68 Å². The van der Waals surface area contributed by atoms with Crippen LogP contribution in [0.1, 0.15) is 0 Å². The first kappa shape index (κ1) is 12.4. The van der Waals surface area contributed by atoms with Crippen LogP contribution >= 0.6 is 0 Å². The van der Waals surface area contributed by atoms with Crippen LogP contribution in [-0.2, 0) is 5.79 Å². The van der Waals surface area contributed by atoms with Gasteiger partial charge in [0.2, 0.25) is 12.9 Å². The average molecular weight is 248 g/mol. The highest BCUT2D eigenvalue weighted by Gasteiger charge is 2.62. The fourth-order valence-electron chi connectivity index (χ4n) is 0.932. The summed E-state index contributed by atoms with van der Waals surface area (Å²) in [7, 11) is 0. The number of aliphatic hydroxyl groups excluding tert-OH is 1. The van der Waals surface area contributed by atoms with Gasteiger partial charge in [-0.1, -0.05) is 4.98 Å². The standard InChI is InChI=1S/C4H4N6O7/c11-1-4(9(14)15,10(16)17)7-2-5-3(6-7)8(12)13/h2,11H,1H2. The quantitative estimate of drug-likeness (QED) is 0.362. The summed E-state index contributed by atoms with van der Waals surface area (Å²) in [5.41, 5.74) is 0. The Hall–Kier alpha value is -2.70. The van der Waals surface area contributed by atoms with Gasteiger partial charge in [0.1, 0.15) is 9.85 Å². The zero-order chi connectivity index (χ0) is 13.2. The summed E-state index contributed by atoms with van der Waals surface area (Å²) in [6.45, 7) is -1.53. The van der Waals surface area contributed by atoms with Gasteiger partial charge in [0.05, 0.1) is 0 Å². The van der Waals surface area contributed by atoms with Crippen LogP contribution in [0.3, 0.4) is 0 Å². The zero-order valence-corrected chi connectivity index (χ0v) is 7.86. The molecule has 0 atom stereocenters. The summed E-state index contributed by atoms with van der Waals surface area (Å²) < 4.78 is 0.0190. The molecule has 0 spiro atoms. The van der Waals surface area contributed by atoms with Crippen molar-refractivity contribution in [2.24, 2.45) is 0 Å². The second kappa shape index (κ2) is 4.05. The number of aliphatic hydroxyl groups is 1. The highest BCUT2D eigenvalue weighted by Crippen LogP contribution is 2.17. The number of aromatic nitrogens is 3. The third-order valence-electron chi connectivity index (χ3n) is 1.81. The molecule has 0 fully saturated rings. The van der Waals surface area contributed by atoms with E-state index in [2.05, 4.69) is 10.1 Å². The van der Waals surface area contributed by atoms with Crippen LogP contribution in [0, 0.1) is 30.3 Å². The van der Waals surface area contributed by atoms with E-state index in [1.54, 1.807) is 0 Å².